The average molecular weight is 297 g/mol. The van der Waals surface area contributed by atoms with Crippen LogP contribution in [0.25, 0.3) is 0 Å². The zero-order valence-electron chi connectivity index (χ0n) is 10.3. The minimum absolute atomic E-state index is 0.188. The molecule has 2 aromatic heterocycles. The predicted molar refractivity (Wildman–Crippen MR) is 76.9 cm³/mol. The minimum atomic E-state index is -0.188. The summed E-state index contributed by atoms with van der Waals surface area (Å²) in [5.41, 5.74) is 3.20. The topological polar surface area (TPSA) is 66.9 Å². The molecule has 0 fully saturated rings. The van der Waals surface area contributed by atoms with Crippen molar-refractivity contribution >= 4 is 34.7 Å². The van der Waals surface area contributed by atoms with E-state index in [1.54, 1.807) is 30.0 Å². The highest BCUT2D eigenvalue weighted by Gasteiger charge is 2.09. The number of rotatable bonds is 5. The first kappa shape index (κ1) is 13.8. The van der Waals surface area contributed by atoms with Crippen molar-refractivity contribution < 1.29 is 4.79 Å². The molecule has 0 aromatic carbocycles. The second kappa shape index (κ2) is 6.49. The number of hydrogen-bond donors (Lipinski definition) is 2. The van der Waals surface area contributed by atoms with Gasteiger partial charge in [-0.25, -0.2) is 9.97 Å². The normalized spacial score (nSPS) is 10.2. The maximum Gasteiger partial charge on any atom is 0.252 e. The van der Waals surface area contributed by atoms with Crippen molar-refractivity contribution in [2.24, 2.45) is 0 Å². The smallest absolute Gasteiger partial charge is 0.252 e. The highest BCUT2D eigenvalue weighted by molar-refractivity contribution is 7.07. The summed E-state index contributed by atoms with van der Waals surface area (Å²) in [6, 6.07) is 1.60. The van der Waals surface area contributed by atoms with Crippen molar-refractivity contribution in [1.29, 1.82) is 0 Å². The molecule has 0 bridgehead atoms. The third-order valence-electron chi connectivity index (χ3n) is 2.49. The Morgan fingerprint density at radius 2 is 2.32 bits per heavy atom. The summed E-state index contributed by atoms with van der Waals surface area (Å²) in [6.45, 7) is 0.536. The number of anilines is 1. The molecular weight excluding hydrogens is 284 g/mol. The summed E-state index contributed by atoms with van der Waals surface area (Å²) in [4.78, 5) is 20.1. The number of nitrogens with zero attached hydrogens (tertiary/aromatic N) is 2. The molecule has 2 N–H and O–H groups in total. The minimum Gasteiger partial charge on any atom is -0.372 e. The van der Waals surface area contributed by atoms with Gasteiger partial charge in [0.1, 0.15) is 5.82 Å². The molecule has 2 rings (SSSR count). The van der Waals surface area contributed by atoms with Gasteiger partial charge in [0.2, 0.25) is 0 Å². The van der Waals surface area contributed by atoms with Crippen LogP contribution in [0.5, 0.6) is 0 Å². The maximum atomic E-state index is 11.9. The molecule has 19 heavy (non-hydrogen) atoms. The number of aromatic nitrogens is 2. The van der Waals surface area contributed by atoms with Gasteiger partial charge in [0, 0.05) is 31.6 Å². The second-order valence-corrected chi connectivity index (χ2v) is 4.92. The molecule has 7 heteroatoms. The molecule has 0 saturated heterocycles. The van der Waals surface area contributed by atoms with E-state index in [2.05, 4.69) is 20.6 Å². The molecule has 2 aromatic rings. The van der Waals surface area contributed by atoms with Gasteiger partial charge in [0.15, 0.2) is 0 Å². The first-order valence-electron chi connectivity index (χ1n) is 5.69. The standard InChI is InChI=1S/C12H13ClN4OS/c1-14-11-10(13)4-8(5-16-11)12(18)15-3-2-9-6-19-7-17-9/h4-7H,2-3H2,1H3,(H,14,16)(H,15,18). The first-order valence-corrected chi connectivity index (χ1v) is 7.01. The number of pyridine rings is 1. The van der Waals surface area contributed by atoms with Crippen molar-refractivity contribution in [2.45, 2.75) is 6.42 Å². The Morgan fingerprint density at radius 1 is 1.47 bits per heavy atom. The number of nitrogens with one attached hydrogen (secondary N) is 2. The number of carbonyl (C=O) groups excluding carboxylic acids is 1. The van der Waals surface area contributed by atoms with Gasteiger partial charge >= 0.3 is 0 Å². The Balaban J connectivity index is 1.91. The lowest BCUT2D eigenvalue weighted by atomic mass is 10.2. The molecule has 0 unspecified atom stereocenters. The Kier molecular flexibility index (Phi) is 4.70. The van der Waals surface area contributed by atoms with Crippen LogP contribution in [-0.4, -0.2) is 29.5 Å². The third-order valence-corrected chi connectivity index (χ3v) is 3.41. The van der Waals surface area contributed by atoms with Crippen LogP contribution in [0.15, 0.2) is 23.2 Å². The van der Waals surface area contributed by atoms with Gasteiger partial charge in [0.05, 0.1) is 21.8 Å². The molecule has 1 amide bonds. The molecule has 0 spiro atoms. The summed E-state index contributed by atoms with van der Waals surface area (Å²) in [7, 11) is 1.72. The fourth-order valence-corrected chi connectivity index (χ4v) is 2.37. The predicted octanol–water partition coefficient (Wildman–Crippen LogP) is 2.21. The lowest BCUT2D eigenvalue weighted by Crippen LogP contribution is -2.26. The van der Waals surface area contributed by atoms with Crippen LogP contribution in [0.1, 0.15) is 16.1 Å². The molecule has 0 aliphatic rings. The summed E-state index contributed by atoms with van der Waals surface area (Å²) in [6.07, 6.45) is 2.21. The van der Waals surface area contributed by atoms with Gasteiger partial charge < -0.3 is 10.6 Å². The fourth-order valence-electron chi connectivity index (χ4n) is 1.51. The summed E-state index contributed by atoms with van der Waals surface area (Å²) in [5, 5.41) is 8.04. The zero-order valence-corrected chi connectivity index (χ0v) is 11.9. The van der Waals surface area contributed by atoms with E-state index in [4.69, 9.17) is 11.6 Å². The molecule has 5 nitrogen and oxygen atoms in total. The largest absolute Gasteiger partial charge is 0.372 e. The Labute approximate surface area is 120 Å². The second-order valence-electron chi connectivity index (χ2n) is 3.79. The maximum absolute atomic E-state index is 11.9. The Morgan fingerprint density at radius 3 is 2.95 bits per heavy atom. The first-order chi connectivity index (χ1) is 9.20. The number of amides is 1. The molecular formula is C12H13ClN4OS. The Hall–Kier alpha value is -1.66. The van der Waals surface area contributed by atoms with Gasteiger partial charge in [0.25, 0.3) is 5.91 Å². The van der Waals surface area contributed by atoms with Gasteiger partial charge in [-0.1, -0.05) is 11.6 Å². The van der Waals surface area contributed by atoms with Crippen molar-refractivity contribution in [3.8, 4) is 0 Å². The van der Waals surface area contributed by atoms with Crippen LogP contribution in [0.4, 0.5) is 5.82 Å². The van der Waals surface area contributed by atoms with Crippen LogP contribution in [0.3, 0.4) is 0 Å². The summed E-state index contributed by atoms with van der Waals surface area (Å²) >= 11 is 7.52. The number of halogens is 1. The SMILES string of the molecule is CNc1ncc(C(=O)NCCc2cscn2)cc1Cl. The van der Waals surface area contributed by atoms with Crippen LogP contribution >= 0.6 is 22.9 Å². The fraction of sp³-hybridized carbons (Fsp3) is 0.250. The van der Waals surface area contributed by atoms with Crippen molar-refractivity contribution in [2.75, 3.05) is 18.9 Å². The van der Waals surface area contributed by atoms with E-state index in [-0.39, 0.29) is 5.91 Å². The molecule has 100 valence electrons. The molecule has 2 heterocycles. The number of carbonyl (C=O) groups is 1. The number of thiazole rings is 1. The highest BCUT2D eigenvalue weighted by atomic mass is 35.5. The molecule has 0 saturated carbocycles. The van der Waals surface area contributed by atoms with E-state index in [1.807, 2.05) is 5.38 Å². The summed E-state index contributed by atoms with van der Waals surface area (Å²) < 4.78 is 0. The van der Waals surface area contributed by atoms with Crippen molar-refractivity contribution in [1.82, 2.24) is 15.3 Å². The van der Waals surface area contributed by atoms with Crippen molar-refractivity contribution in [3.63, 3.8) is 0 Å². The van der Waals surface area contributed by atoms with Crippen LogP contribution in [0.2, 0.25) is 5.02 Å². The third kappa shape index (κ3) is 3.65. The molecule has 0 aliphatic carbocycles. The lowest BCUT2D eigenvalue weighted by Gasteiger charge is -2.06. The lowest BCUT2D eigenvalue weighted by molar-refractivity contribution is 0.0954. The van der Waals surface area contributed by atoms with E-state index in [1.165, 1.54) is 6.20 Å². The van der Waals surface area contributed by atoms with E-state index < -0.39 is 0 Å². The highest BCUT2D eigenvalue weighted by Crippen LogP contribution is 2.19. The van der Waals surface area contributed by atoms with Crippen LogP contribution < -0.4 is 10.6 Å². The van der Waals surface area contributed by atoms with Gasteiger partial charge in [-0.15, -0.1) is 11.3 Å². The van der Waals surface area contributed by atoms with Crippen molar-refractivity contribution in [3.05, 3.63) is 39.4 Å². The zero-order chi connectivity index (χ0) is 13.7. The number of hydrogen-bond acceptors (Lipinski definition) is 5. The van der Waals surface area contributed by atoms with E-state index >= 15 is 0 Å². The van der Waals surface area contributed by atoms with Crippen LogP contribution in [-0.2, 0) is 6.42 Å². The molecule has 0 atom stereocenters. The van der Waals surface area contributed by atoms with E-state index in [0.29, 0.717) is 29.4 Å². The monoisotopic (exact) mass is 296 g/mol. The quantitative estimate of drug-likeness (QED) is 0.888. The van der Waals surface area contributed by atoms with Gasteiger partial charge in [-0.3, -0.25) is 4.79 Å². The summed E-state index contributed by atoms with van der Waals surface area (Å²) in [5.74, 6) is 0.368. The van der Waals surface area contributed by atoms with Crippen LogP contribution in [0, 0.1) is 0 Å². The molecule has 0 radical (unpaired) electrons. The van der Waals surface area contributed by atoms with Gasteiger partial charge in [-0.2, -0.15) is 0 Å². The molecule has 0 aliphatic heterocycles. The van der Waals surface area contributed by atoms with E-state index in [9.17, 15) is 4.79 Å². The van der Waals surface area contributed by atoms with Gasteiger partial charge in [-0.05, 0) is 6.07 Å². The Bertz CT molecular complexity index is 559. The van der Waals surface area contributed by atoms with E-state index in [0.717, 1.165) is 5.69 Å². The average Bonchev–Trinajstić information content (AvgIpc) is 2.91.